The van der Waals surface area contributed by atoms with Gasteiger partial charge >= 0.3 is 0 Å². The Labute approximate surface area is 88.1 Å². The van der Waals surface area contributed by atoms with Gasteiger partial charge in [-0.05, 0) is 12.1 Å². The van der Waals surface area contributed by atoms with Crippen molar-refractivity contribution in [2.45, 2.75) is 6.23 Å². The first-order valence-corrected chi connectivity index (χ1v) is 5.94. The second-order valence-corrected chi connectivity index (χ2v) is 4.50. The highest BCUT2D eigenvalue weighted by atomic mass is 32.2. The highest BCUT2D eigenvalue weighted by Crippen LogP contribution is 2.19. The Balaban J connectivity index is 2.03. The van der Waals surface area contributed by atoms with Gasteiger partial charge in [-0.2, -0.15) is 11.8 Å². The van der Waals surface area contributed by atoms with Crippen LogP contribution in [0.25, 0.3) is 0 Å². The maximum absolute atomic E-state index is 10.00. The summed E-state index contributed by atoms with van der Waals surface area (Å²) in [5.74, 6) is 2.20. The number of aliphatic hydroxyl groups is 1. The third-order valence-corrected chi connectivity index (χ3v) is 3.29. The van der Waals surface area contributed by atoms with Crippen LogP contribution in [0.3, 0.4) is 0 Å². The zero-order valence-electron chi connectivity index (χ0n) is 7.97. The second-order valence-electron chi connectivity index (χ2n) is 3.28. The minimum Gasteiger partial charge on any atom is -0.372 e. The van der Waals surface area contributed by atoms with E-state index in [0.717, 1.165) is 30.3 Å². The molecule has 4 heteroatoms. The van der Waals surface area contributed by atoms with Crippen LogP contribution < -0.4 is 0 Å². The van der Waals surface area contributed by atoms with Gasteiger partial charge in [0.15, 0.2) is 6.23 Å². The van der Waals surface area contributed by atoms with Crippen LogP contribution in [0.2, 0.25) is 0 Å². The van der Waals surface area contributed by atoms with E-state index in [-0.39, 0.29) is 0 Å². The normalized spacial score (nSPS) is 20.6. The molecule has 1 aromatic rings. The van der Waals surface area contributed by atoms with E-state index in [0.29, 0.717) is 0 Å². The van der Waals surface area contributed by atoms with Crippen LogP contribution in [0.1, 0.15) is 11.9 Å². The van der Waals surface area contributed by atoms with Gasteiger partial charge in [0.2, 0.25) is 0 Å². The highest BCUT2D eigenvalue weighted by molar-refractivity contribution is 7.99. The maximum Gasteiger partial charge on any atom is 0.150 e. The Morgan fingerprint density at radius 2 is 2.14 bits per heavy atom. The number of aliphatic hydroxyl groups excluding tert-OH is 1. The van der Waals surface area contributed by atoms with Crippen LogP contribution in [0, 0.1) is 0 Å². The number of rotatable bonds is 2. The average molecular weight is 210 g/mol. The molecule has 1 saturated heterocycles. The second kappa shape index (κ2) is 4.77. The van der Waals surface area contributed by atoms with Crippen molar-refractivity contribution in [3.8, 4) is 0 Å². The van der Waals surface area contributed by atoms with Crippen molar-refractivity contribution in [1.82, 2.24) is 9.88 Å². The van der Waals surface area contributed by atoms with Gasteiger partial charge < -0.3 is 5.11 Å². The minimum absolute atomic E-state index is 0.530. The lowest BCUT2D eigenvalue weighted by Crippen LogP contribution is -2.36. The van der Waals surface area contributed by atoms with Crippen LogP contribution in [-0.4, -0.2) is 39.6 Å². The summed E-state index contributed by atoms with van der Waals surface area (Å²) < 4.78 is 0. The lowest BCUT2D eigenvalue weighted by Gasteiger charge is -2.30. The molecular formula is C10H14N2OS. The maximum atomic E-state index is 10.00. The van der Waals surface area contributed by atoms with Gasteiger partial charge in [0, 0.05) is 30.8 Å². The molecule has 2 rings (SSSR count). The molecule has 1 fully saturated rings. The first kappa shape index (κ1) is 9.96. The predicted molar refractivity (Wildman–Crippen MR) is 58.1 cm³/mol. The lowest BCUT2D eigenvalue weighted by molar-refractivity contribution is 0.00547. The highest BCUT2D eigenvalue weighted by Gasteiger charge is 2.20. The Morgan fingerprint density at radius 1 is 1.36 bits per heavy atom. The molecule has 0 amide bonds. The van der Waals surface area contributed by atoms with Gasteiger partial charge in [-0.15, -0.1) is 0 Å². The summed E-state index contributed by atoms with van der Waals surface area (Å²) in [5, 5.41) is 10.00. The van der Waals surface area contributed by atoms with E-state index < -0.39 is 6.23 Å². The zero-order valence-corrected chi connectivity index (χ0v) is 8.78. The summed E-state index contributed by atoms with van der Waals surface area (Å²) in [6.07, 6.45) is 1.19. The molecule has 76 valence electrons. The summed E-state index contributed by atoms with van der Waals surface area (Å²) in [6, 6.07) is 5.64. The third-order valence-electron chi connectivity index (χ3n) is 2.34. The van der Waals surface area contributed by atoms with Crippen LogP contribution in [0.4, 0.5) is 0 Å². The quantitative estimate of drug-likeness (QED) is 0.793. The minimum atomic E-state index is -0.530. The zero-order chi connectivity index (χ0) is 9.80. The standard InChI is InChI=1S/C10H14N2OS/c13-10(9-3-1-2-4-11-9)12-5-7-14-8-6-12/h1-4,10,13H,5-8H2. The summed E-state index contributed by atoms with van der Waals surface area (Å²) >= 11 is 1.94. The number of hydrogen-bond donors (Lipinski definition) is 1. The molecule has 1 unspecified atom stereocenters. The van der Waals surface area contributed by atoms with Gasteiger partial charge in [-0.1, -0.05) is 6.07 Å². The Bertz CT molecular complexity index is 275. The first-order chi connectivity index (χ1) is 6.88. The molecule has 0 aliphatic carbocycles. The van der Waals surface area contributed by atoms with Crippen LogP contribution >= 0.6 is 11.8 Å². The molecule has 0 saturated carbocycles. The van der Waals surface area contributed by atoms with Crippen molar-refractivity contribution in [2.75, 3.05) is 24.6 Å². The molecule has 14 heavy (non-hydrogen) atoms. The van der Waals surface area contributed by atoms with E-state index >= 15 is 0 Å². The molecule has 0 radical (unpaired) electrons. The van der Waals surface area contributed by atoms with Crippen LogP contribution in [-0.2, 0) is 0 Å². The van der Waals surface area contributed by atoms with Gasteiger partial charge in [0.1, 0.15) is 0 Å². The summed E-state index contributed by atoms with van der Waals surface area (Å²) in [6.45, 7) is 1.89. The van der Waals surface area contributed by atoms with Crippen molar-refractivity contribution in [1.29, 1.82) is 0 Å². The van der Waals surface area contributed by atoms with E-state index in [1.807, 2.05) is 30.0 Å². The fourth-order valence-electron chi connectivity index (χ4n) is 1.54. The smallest absolute Gasteiger partial charge is 0.150 e. The van der Waals surface area contributed by atoms with Crippen molar-refractivity contribution in [2.24, 2.45) is 0 Å². The van der Waals surface area contributed by atoms with Crippen molar-refractivity contribution < 1.29 is 5.11 Å². The van der Waals surface area contributed by atoms with Crippen LogP contribution in [0.15, 0.2) is 24.4 Å². The third kappa shape index (κ3) is 2.26. The predicted octanol–water partition coefficient (Wildman–Crippen LogP) is 1.12. The van der Waals surface area contributed by atoms with E-state index in [2.05, 4.69) is 9.88 Å². The molecule has 1 aliphatic rings. The summed E-state index contributed by atoms with van der Waals surface area (Å²) in [5.41, 5.74) is 0.749. The average Bonchev–Trinajstić information content (AvgIpc) is 2.30. The number of nitrogens with zero attached hydrogens (tertiary/aromatic N) is 2. The largest absolute Gasteiger partial charge is 0.372 e. The summed E-state index contributed by atoms with van der Waals surface area (Å²) in [4.78, 5) is 6.22. The van der Waals surface area contributed by atoms with E-state index in [9.17, 15) is 5.11 Å². The molecule has 1 aromatic heterocycles. The number of hydrogen-bond acceptors (Lipinski definition) is 4. The van der Waals surface area contributed by atoms with Crippen molar-refractivity contribution in [3.63, 3.8) is 0 Å². The SMILES string of the molecule is OC(c1ccccn1)N1CCSCC1. The number of aromatic nitrogens is 1. The molecule has 1 atom stereocenters. The van der Waals surface area contributed by atoms with E-state index in [1.165, 1.54) is 0 Å². The summed E-state index contributed by atoms with van der Waals surface area (Å²) in [7, 11) is 0. The molecule has 0 aromatic carbocycles. The fraction of sp³-hybridized carbons (Fsp3) is 0.500. The first-order valence-electron chi connectivity index (χ1n) is 4.79. The van der Waals surface area contributed by atoms with Gasteiger partial charge in [-0.25, -0.2) is 0 Å². The van der Waals surface area contributed by atoms with Gasteiger partial charge in [0.05, 0.1) is 5.69 Å². The Morgan fingerprint density at radius 3 is 2.79 bits per heavy atom. The molecular weight excluding hydrogens is 196 g/mol. The molecule has 0 bridgehead atoms. The Hall–Kier alpha value is -0.580. The molecule has 1 N–H and O–H groups in total. The van der Waals surface area contributed by atoms with E-state index in [1.54, 1.807) is 6.20 Å². The van der Waals surface area contributed by atoms with Gasteiger partial charge in [-0.3, -0.25) is 9.88 Å². The van der Waals surface area contributed by atoms with Crippen LogP contribution in [0.5, 0.6) is 0 Å². The van der Waals surface area contributed by atoms with Crippen molar-refractivity contribution >= 4 is 11.8 Å². The van der Waals surface area contributed by atoms with E-state index in [4.69, 9.17) is 0 Å². The number of thioether (sulfide) groups is 1. The monoisotopic (exact) mass is 210 g/mol. The Kier molecular flexibility index (Phi) is 3.39. The molecule has 3 nitrogen and oxygen atoms in total. The number of pyridine rings is 1. The molecule has 2 heterocycles. The lowest BCUT2D eigenvalue weighted by atomic mass is 10.3. The molecule has 1 aliphatic heterocycles. The molecule has 0 spiro atoms. The van der Waals surface area contributed by atoms with Crippen molar-refractivity contribution in [3.05, 3.63) is 30.1 Å². The fourth-order valence-corrected chi connectivity index (χ4v) is 2.47. The van der Waals surface area contributed by atoms with Gasteiger partial charge in [0.25, 0.3) is 0 Å². The topological polar surface area (TPSA) is 36.4 Å².